The Kier molecular flexibility index (Phi) is 8.72. The maximum Gasteiger partial charge on any atom is 0.243 e. The highest BCUT2D eigenvalue weighted by Crippen LogP contribution is 2.31. The van der Waals surface area contributed by atoms with Gasteiger partial charge in [0, 0.05) is 35.5 Å². The van der Waals surface area contributed by atoms with Crippen molar-refractivity contribution in [2.75, 3.05) is 38.7 Å². The van der Waals surface area contributed by atoms with E-state index >= 15 is 0 Å². The van der Waals surface area contributed by atoms with Crippen LogP contribution in [0, 0.1) is 0 Å². The smallest absolute Gasteiger partial charge is 0.243 e. The molecule has 1 saturated heterocycles. The van der Waals surface area contributed by atoms with Crippen LogP contribution in [-0.2, 0) is 14.8 Å². The van der Waals surface area contributed by atoms with Crippen LogP contribution in [0.1, 0.15) is 26.3 Å². The zero-order chi connectivity index (χ0) is 24.8. The highest BCUT2D eigenvalue weighted by Gasteiger charge is 2.27. The van der Waals surface area contributed by atoms with Crippen molar-refractivity contribution in [2.24, 2.45) is 0 Å². The molecule has 0 aliphatic carbocycles. The third-order valence-corrected chi connectivity index (χ3v) is 8.81. The van der Waals surface area contributed by atoms with Gasteiger partial charge in [0.05, 0.1) is 24.7 Å². The lowest BCUT2D eigenvalue weighted by Gasteiger charge is -2.26. The molecule has 3 aromatic rings. The Bertz CT molecular complexity index is 1250. The molecule has 1 aliphatic rings. The minimum absolute atomic E-state index is 0.135. The zero-order valence-corrected chi connectivity index (χ0v) is 22.2. The van der Waals surface area contributed by atoms with Crippen molar-refractivity contribution >= 4 is 33.4 Å². The Morgan fingerprint density at radius 3 is 2.66 bits per heavy atom. The number of morpholine rings is 1. The second-order valence-corrected chi connectivity index (χ2v) is 11.6. The number of halogens is 1. The first kappa shape index (κ1) is 26.0. The third kappa shape index (κ3) is 6.18. The summed E-state index contributed by atoms with van der Waals surface area (Å²) in [6.45, 7) is 6.21. The summed E-state index contributed by atoms with van der Waals surface area (Å²) in [6.07, 6.45) is 0.878. The molecule has 1 atom stereocenters. The fourth-order valence-corrected chi connectivity index (χ4v) is 6.22. The van der Waals surface area contributed by atoms with Crippen molar-refractivity contribution in [3.05, 3.63) is 53.6 Å². The van der Waals surface area contributed by atoms with Crippen molar-refractivity contribution in [1.29, 1.82) is 0 Å². The van der Waals surface area contributed by atoms with Gasteiger partial charge in [-0.05, 0) is 43.7 Å². The summed E-state index contributed by atoms with van der Waals surface area (Å²) >= 11 is 7.57. The Labute approximate surface area is 215 Å². The van der Waals surface area contributed by atoms with Crippen molar-refractivity contribution in [2.45, 2.75) is 36.4 Å². The van der Waals surface area contributed by atoms with Gasteiger partial charge in [-0.3, -0.25) is 4.57 Å². The normalized spacial score (nSPS) is 15.7. The lowest BCUT2D eigenvalue weighted by molar-refractivity contribution is 0.0730. The predicted molar refractivity (Wildman–Crippen MR) is 138 cm³/mol. The number of nitrogens with zero attached hydrogens (tertiary/aromatic N) is 4. The van der Waals surface area contributed by atoms with Crippen LogP contribution in [0.4, 0.5) is 0 Å². The van der Waals surface area contributed by atoms with E-state index in [9.17, 15) is 8.42 Å². The van der Waals surface area contributed by atoms with Crippen LogP contribution in [0.15, 0.2) is 58.6 Å². The first-order valence-corrected chi connectivity index (χ1v) is 14.3. The summed E-state index contributed by atoms with van der Waals surface area (Å²) in [5.74, 6) is 2.05. The minimum Gasteiger partial charge on any atom is -0.493 e. The maximum atomic E-state index is 13.2. The summed E-state index contributed by atoms with van der Waals surface area (Å²) in [5.41, 5.74) is 0.717. The van der Waals surface area contributed by atoms with E-state index < -0.39 is 10.0 Å². The minimum atomic E-state index is -3.61. The molecule has 0 spiro atoms. The zero-order valence-electron chi connectivity index (χ0n) is 19.8. The van der Waals surface area contributed by atoms with E-state index in [0.29, 0.717) is 55.1 Å². The Balaban J connectivity index is 1.53. The number of thioether (sulfide) groups is 1. The van der Waals surface area contributed by atoms with E-state index in [0.717, 1.165) is 17.3 Å². The van der Waals surface area contributed by atoms with Crippen LogP contribution in [0.5, 0.6) is 5.75 Å². The van der Waals surface area contributed by atoms with Crippen molar-refractivity contribution in [3.8, 4) is 17.1 Å². The second kappa shape index (κ2) is 11.7. The summed E-state index contributed by atoms with van der Waals surface area (Å²) in [6, 6.07) is 14.4. The fourth-order valence-electron chi connectivity index (χ4n) is 3.73. The number of rotatable bonds is 10. The number of hydrogen-bond acceptors (Lipinski definition) is 7. The molecule has 8 nitrogen and oxygen atoms in total. The van der Waals surface area contributed by atoms with Gasteiger partial charge in [0.1, 0.15) is 5.75 Å². The van der Waals surface area contributed by atoms with E-state index in [-0.39, 0.29) is 10.9 Å². The molecule has 0 unspecified atom stereocenters. The highest BCUT2D eigenvalue weighted by atomic mass is 35.5. The fraction of sp³-hybridized carbons (Fsp3) is 0.417. The molecule has 0 saturated carbocycles. The number of benzene rings is 2. The standard InChI is InChI=1S/C24H29ClN4O4S2/c1-3-18(2)29-23(26-27-24(29)34-15-14-33-21-8-5-7-20(25)17-21)19-6-4-9-22(16-19)35(30,31)28-10-12-32-13-11-28/h4-9,16-18H,3,10-15H2,1-2H3/t18-/m1/s1. The Morgan fingerprint density at radius 1 is 1.14 bits per heavy atom. The van der Waals surface area contributed by atoms with Gasteiger partial charge < -0.3 is 9.47 Å². The average molecular weight is 537 g/mol. The molecule has 0 N–H and O–H groups in total. The van der Waals surface area contributed by atoms with E-state index in [1.54, 1.807) is 42.1 Å². The van der Waals surface area contributed by atoms with Gasteiger partial charge in [0.15, 0.2) is 11.0 Å². The van der Waals surface area contributed by atoms with E-state index in [1.165, 1.54) is 4.31 Å². The predicted octanol–water partition coefficient (Wildman–Crippen LogP) is 4.76. The van der Waals surface area contributed by atoms with Crippen LogP contribution >= 0.6 is 23.4 Å². The largest absolute Gasteiger partial charge is 0.493 e. The molecule has 0 amide bonds. The summed E-state index contributed by atoms with van der Waals surface area (Å²) in [7, 11) is -3.61. The van der Waals surface area contributed by atoms with Crippen LogP contribution in [0.2, 0.25) is 5.02 Å². The SMILES string of the molecule is CC[C@@H](C)n1c(SCCOc2cccc(Cl)c2)nnc1-c1cccc(S(=O)(=O)N2CCOCC2)c1. The monoisotopic (exact) mass is 536 g/mol. The first-order valence-electron chi connectivity index (χ1n) is 11.5. The molecule has 11 heteroatoms. The van der Waals surface area contributed by atoms with Crippen molar-refractivity contribution < 1.29 is 17.9 Å². The van der Waals surface area contributed by atoms with Gasteiger partial charge in [0.2, 0.25) is 10.0 Å². The summed E-state index contributed by atoms with van der Waals surface area (Å²) in [4.78, 5) is 0.250. The average Bonchev–Trinajstić information content (AvgIpc) is 3.31. The third-order valence-electron chi connectivity index (χ3n) is 5.78. The molecule has 0 bridgehead atoms. The summed E-state index contributed by atoms with van der Waals surface area (Å²) in [5, 5.41) is 10.3. The van der Waals surface area contributed by atoms with E-state index in [2.05, 4.69) is 28.6 Å². The lowest BCUT2D eigenvalue weighted by atomic mass is 10.2. The van der Waals surface area contributed by atoms with Crippen LogP contribution in [0.25, 0.3) is 11.4 Å². The number of sulfonamides is 1. The number of hydrogen-bond donors (Lipinski definition) is 0. The molecule has 188 valence electrons. The van der Waals surface area contributed by atoms with Gasteiger partial charge in [-0.1, -0.05) is 48.5 Å². The van der Waals surface area contributed by atoms with Gasteiger partial charge >= 0.3 is 0 Å². The molecular weight excluding hydrogens is 508 g/mol. The molecule has 1 aliphatic heterocycles. The quantitative estimate of drug-likeness (QED) is 0.273. The van der Waals surface area contributed by atoms with E-state index in [1.807, 2.05) is 18.2 Å². The molecule has 0 radical (unpaired) electrons. The molecule has 1 aromatic heterocycles. The first-order chi connectivity index (χ1) is 16.9. The van der Waals surface area contributed by atoms with Crippen LogP contribution in [0.3, 0.4) is 0 Å². The van der Waals surface area contributed by atoms with Gasteiger partial charge in [-0.15, -0.1) is 10.2 Å². The number of ether oxygens (including phenoxy) is 2. The second-order valence-electron chi connectivity index (χ2n) is 8.13. The van der Waals surface area contributed by atoms with Crippen molar-refractivity contribution in [3.63, 3.8) is 0 Å². The Morgan fingerprint density at radius 2 is 1.91 bits per heavy atom. The molecular formula is C24H29ClN4O4S2. The molecule has 2 aromatic carbocycles. The summed E-state index contributed by atoms with van der Waals surface area (Å²) < 4.78 is 41.0. The van der Waals surface area contributed by atoms with Crippen LogP contribution < -0.4 is 4.74 Å². The topological polar surface area (TPSA) is 86.5 Å². The number of aromatic nitrogens is 3. The van der Waals surface area contributed by atoms with Gasteiger partial charge in [-0.25, -0.2) is 8.42 Å². The highest BCUT2D eigenvalue weighted by molar-refractivity contribution is 7.99. The Hall–Kier alpha value is -2.11. The molecule has 35 heavy (non-hydrogen) atoms. The van der Waals surface area contributed by atoms with Gasteiger partial charge in [0.25, 0.3) is 0 Å². The lowest BCUT2D eigenvalue weighted by Crippen LogP contribution is -2.40. The van der Waals surface area contributed by atoms with Gasteiger partial charge in [-0.2, -0.15) is 4.31 Å². The molecule has 4 rings (SSSR count). The van der Waals surface area contributed by atoms with E-state index in [4.69, 9.17) is 21.1 Å². The van der Waals surface area contributed by atoms with Crippen LogP contribution in [-0.4, -0.2) is 66.2 Å². The molecule has 2 heterocycles. The molecule has 1 fully saturated rings. The maximum absolute atomic E-state index is 13.2. The van der Waals surface area contributed by atoms with Crippen molar-refractivity contribution in [1.82, 2.24) is 19.1 Å².